The summed E-state index contributed by atoms with van der Waals surface area (Å²) in [7, 11) is 1.90. The highest BCUT2D eigenvalue weighted by atomic mass is 15.3. The molecule has 0 saturated heterocycles. The lowest BCUT2D eigenvalue weighted by atomic mass is 10.3. The molecule has 0 atom stereocenters. The van der Waals surface area contributed by atoms with Gasteiger partial charge in [0.05, 0.1) is 5.69 Å². The number of hydrogen-bond donors (Lipinski definition) is 1. The number of hydrogen-bond acceptors (Lipinski definition) is 4. The van der Waals surface area contributed by atoms with E-state index in [4.69, 9.17) is 0 Å². The lowest BCUT2D eigenvalue weighted by Crippen LogP contribution is -2.25. The van der Waals surface area contributed by atoms with Crippen LogP contribution in [0.15, 0.2) is 24.8 Å². The van der Waals surface area contributed by atoms with Gasteiger partial charge in [0.1, 0.15) is 0 Å². The average Bonchev–Trinajstić information content (AvgIpc) is 2.30. The van der Waals surface area contributed by atoms with Gasteiger partial charge in [-0.1, -0.05) is 13.0 Å². The molecule has 1 aromatic rings. The van der Waals surface area contributed by atoms with Crippen molar-refractivity contribution in [1.82, 2.24) is 15.5 Å². The van der Waals surface area contributed by atoms with Crippen LogP contribution in [-0.4, -0.2) is 30.3 Å². The molecule has 0 aromatic carbocycles. The van der Waals surface area contributed by atoms with Gasteiger partial charge in [-0.3, -0.25) is 0 Å². The van der Waals surface area contributed by atoms with E-state index in [1.54, 1.807) is 0 Å². The van der Waals surface area contributed by atoms with Gasteiger partial charge in [0.2, 0.25) is 0 Å². The molecular formula is C12H20N4. The Labute approximate surface area is 97.4 Å². The minimum atomic E-state index is 0.752. The second-order valence-electron chi connectivity index (χ2n) is 3.65. The first kappa shape index (κ1) is 12.6. The van der Waals surface area contributed by atoms with Crippen LogP contribution in [0.5, 0.6) is 0 Å². The zero-order valence-corrected chi connectivity index (χ0v) is 10.1. The smallest absolute Gasteiger partial charge is 0.151 e. The molecule has 0 unspecified atom stereocenters. The lowest BCUT2D eigenvalue weighted by molar-refractivity contribution is 0.747. The zero-order valence-electron chi connectivity index (χ0n) is 10.1. The Morgan fingerprint density at radius 3 is 2.75 bits per heavy atom. The highest BCUT2D eigenvalue weighted by molar-refractivity contribution is 5.38. The molecule has 1 aromatic heterocycles. The van der Waals surface area contributed by atoms with Crippen LogP contribution >= 0.6 is 0 Å². The van der Waals surface area contributed by atoms with E-state index < -0.39 is 0 Å². The minimum absolute atomic E-state index is 0.752. The molecule has 0 spiro atoms. The minimum Gasteiger partial charge on any atom is -0.351 e. The van der Waals surface area contributed by atoms with E-state index in [2.05, 4.69) is 33.9 Å². The predicted molar refractivity (Wildman–Crippen MR) is 67.5 cm³/mol. The first-order valence-electron chi connectivity index (χ1n) is 5.64. The topological polar surface area (TPSA) is 41.0 Å². The van der Waals surface area contributed by atoms with Crippen molar-refractivity contribution in [1.29, 1.82) is 0 Å². The molecule has 0 aliphatic rings. The average molecular weight is 220 g/mol. The predicted octanol–water partition coefficient (Wildman–Crippen LogP) is 1.60. The highest BCUT2D eigenvalue weighted by Crippen LogP contribution is 2.09. The van der Waals surface area contributed by atoms with Crippen molar-refractivity contribution < 1.29 is 0 Å². The van der Waals surface area contributed by atoms with Gasteiger partial charge in [0, 0.05) is 19.6 Å². The molecule has 1 rings (SSSR count). The van der Waals surface area contributed by atoms with Crippen LogP contribution in [-0.2, 0) is 6.54 Å². The molecule has 0 aliphatic carbocycles. The summed E-state index contributed by atoms with van der Waals surface area (Å²) in [5.74, 6) is 0.918. The van der Waals surface area contributed by atoms with Crippen molar-refractivity contribution in [2.24, 2.45) is 0 Å². The fourth-order valence-electron chi connectivity index (χ4n) is 1.52. The summed E-state index contributed by atoms with van der Waals surface area (Å²) < 4.78 is 0. The molecule has 4 nitrogen and oxygen atoms in total. The maximum Gasteiger partial charge on any atom is 0.151 e. The van der Waals surface area contributed by atoms with E-state index in [0.29, 0.717) is 0 Å². The molecule has 1 N–H and O–H groups in total. The summed E-state index contributed by atoms with van der Waals surface area (Å²) in [4.78, 5) is 2.17. The fourth-order valence-corrected chi connectivity index (χ4v) is 1.52. The highest BCUT2D eigenvalue weighted by Gasteiger charge is 2.05. The molecule has 16 heavy (non-hydrogen) atoms. The monoisotopic (exact) mass is 220 g/mol. The van der Waals surface area contributed by atoms with E-state index in [1.165, 1.54) is 0 Å². The van der Waals surface area contributed by atoms with E-state index in [1.807, 2.05) is 25.3 Å². The van der Waals surface area contributed by atoms with Crippen LogP contribution in [0.4, 0.5) is 5.82 Å². The third-order valence-electron chi connectivity index (χ3n) is 2.23. The standard InChI is InChI=1S/C12H20N4/c1-4-8-16(9-5-2)12-7-6-11(10-13-3)14-15-12/h4,6-7,13H,1,5,8-10H2,2-3H3. The van der Waals surface area contributed by atoms with Crippen LogP contribution < -0.4 is 10.2 Å². The molecular weight excluding hydrogens is 200 g/mol. The fraction of sp³-hybridized carbons (Fsp3) is 0.500. The summed E-state index contributed by atoms with van der Waals surface area (Å²) in [6.07, 6.45) is 2.98. The number of nitrogens with zero attached hydrogens (tertiary/aromatic N) is 3. The number of aromatic nitrogens is 2. The van der Waals surface area contributed by atoms with Crippen LogP contribution in [0.3, 0.4) is 0 Å². The van der Waals surface area contributed by atoms with Crippen molar-refractivity contribution in [3.8, 4) is 0 Å². The summed E-state index contributed by atoms with van der Waals surface area (Å²) in [5.41, 5.74) is 0.960. The van der Waals surface area contributed by atoms with Gasteiger partial charge in [-0.2, -0.15) is 5.10 Å². The number of anilines is 1. The third-order valence-corrected chi connectivity index (χ3v) is 2.23. The van der Waals surface area contributed by atoms with E-state index in [0.717, 1.165) is 37.6 Å². The van der Waals surface area contributed by atoms with Gasteiger partial charge >= 0.3 is 0 Å². The van der Waals surface area contributed by atoms with Crippen LogP contribution in [0, 0.1) is 0 Å². The summed E-state index contributed by atoms with van der Waals surface area (Å²) in [5, 5.41) is 11.4. The van der Waals surface area contributed by atoms with Gasteiger partial charge in [0.25, 0.3) is 0 Å². The normalized spacial score (nSPS) is 10.1. The second kappa shape index (κ2) is 6.95. The Kier molecular flexibility index (Phi) is 5.50. The van der Waals surface area contributed by atoms with Gasteiger partial charge < -0.3 is 10.2 Å². The van der Waals surface area contributed by atoms with Gasteiger partial charge in [0.15, 0.2) is 5.82 Å². The Balaban J connectivity index is 2.72. The van der Waals surface area contributed by atoms with E-state index >= 15 is 0 Å². The Morgan fingerprint density at radius 2 is 2.25 bits per heavy atom. The van der Waals surface area contributed by atoms with Crippen molar-refractivity contribution in [2.75, 3.05) is 25.0 Å². The molecule has 0 radical (unpaired) electrons. The first-order chi connectivity index (χ1) is 7.81. The van der Waals surface area contributed by atoms with Crippen LogP contribution in [0.25, 0.3) is 0 Å². The summed E-state index contributed by atoms with van der Waals surface area (Å²) >= 11 is 0. The van der Waals surface area contributed by atoms with Crippen molar-refractivity contribution >= 4 is 5.82 Å². The molecule has 0 fully saturated rings. The molecule has 0 bridgehead atoms. The number of nitrogens with one attached hydrogen (secondary N) is 1. The van der Waals surface area contributed by atoms with E-state index in [9.17, 15) is 0 Å². The molecule has 0 aliphatic heterocycles. The Bertz CT molecular complexity index is 307. The molecule has 0 amide bonds. The van der Waals surface area contributed by atoms with Crippen LogP contribution in [0.1, 0.15) is 19.0 Å². The van der Waals surface area contributed by atoms with Gasteiger partial charge in [-0.05, 0) is 25.6 Å². The van der Waals surface area contributed by atoms with Gasteiger partial charge in [-0.25, -0.2) is 0 Å². The summed E-state index contributed by atoms with van der Waals surface area (Å²) in [6, 6.07) is 4.02. The van der Waals surface area contributed by atoms with E-state index in [-0.39, 0.29) is 0 Å². The Morgan fingerprint density at radius 1 is 1.44 bits per heavy atom. The molecule has 0 saturated carbocycles. The maximum absolute atomic E-state index is 4.22. The molecule has 4 heteroatoms. The maximum atomic E-state index is 4.22. The van der Waals surface area contributed by atoms with Crippen molar-refractivity contribution in [3.05, 3.63) is 30.5 Å². The van der Waals surface area contributed by atoms with Crippen molar-refractivity contribution in [3.63, 3.8) is 0 Å². The first-order valence-corrected chi connectivity index (χ1v) is 5.64. The van der Waals surface area contributed by atoms with Gasteiger partial charge in [-0.15, -0.1) is 11.7 Å². The van der Waals surface area contributed by atoms with Crippen molar-refractivity contribution in [2.45, 2.75) is 19.9 Å². The summed E-state index contributed by atoms with van der Waals surface area (Å²) in [6.45, 7) is 8.45. The third kappa shape index (κ3) is 3.62. The second-order valence-corrected chi connectivity index (χ2v) is 3.65. The molecule has 88 valence electrons. The largest absolute Gasteiger partial charge is 0.351 e. The van der Waals surface area contributed by atoms with Crippen LogP contribution in [0.2, 0.25) is 0 Å². The molecule has 1 heterocycles. The zero-order chi connectivity index (χ0) is 11.8. The SMILES string of the molecule is C=CCN(CCC)c1ccc(CNC)nn1. The Hall–Kier alpha value is -1.42. The number of rotatable bonds is 7. The quantitative estimate of drug-likeness (QED) is 0.709. The lowest BCUT2D eigenvalue weighted by Gasteiger charge is -2.20.